The lowest BCUT2D eigenvalue weighted by molar-refractivity contribution is -0.115. The van der Waals surface area contributed by atoms with Gasteiger partial charge in [-0.05, 0) is 85.6 Å². The van der Waals surface area contributed by atoms with Crippen molar-refractivity contribution in [2.45, 2.75) is 25.8 Å². The first-order valence-corrected chi connectivity index (χ1v) is 14.8. The number of aryl methyl sites for hydroxylation is 1. The third-order valence-corrected chi connectivity index (χ3v) is 7.93. The van der Waals surface area contributed by atoms with Crippen LogP contribution in [0.3, 0.4) is 0 Å². The highest BCUT2D eigenvalue weighted by Gasteiger charge is 2.15. The van der Waals surface area contributed by atoms with Crippen LogP contribution in [-0.2, 0) is 24.2 Å². The number of hydrogen-bond acceptors (Lipinski definition) is 7. The van der Waals surface area contributed by atoms with Gasteiger partial charge in [0.15, 0.2) is 16.9 Å². The van der Waals surface area contributed by atoms with Crippen LogP contribution >= 0.6 is 0 Å². The number of H-pyrrole nitrogens is 1. The Morgan fingerprint density at radius 3 is 2.16 bits per heavy atom. The van der Waals surface area contributed by atoms with Crippen LogP contribution in [0.2, 0.25) is 0 Å². The van der Waals surface area contributed by atoms with Crippen LogP contribution in [0.5, 0.6) is 23.0 Å². The predicted molar refractivity (Wildman–Crippen MR) is 178 cm³/mol. The second-order valence-electron chi connectivity index (χ2n) is 11.0. The van der Waals surface area contributed by atoms with E-state index in [4.69, 9.17) is 18.9 Å². The third-order valence-electron chi connectivity index (χ3n) is 7.93. The summed E-state index contributed by atoms with van der Waals surface area (Å²) in [5.74, 6) is 2.40. The smallest absolute Gasteiger partial charge is 0.228 e. The Morgan fingerprint density at radius 2 is 1.42 bits per heavy atom. The second kappa shape index (κ2) is 14.2. The molecule has 1 heterocycles. The van der Waals surface area contributed by atoms with Crippen molar-refractivity contribution in [3.63, 3.8) is 0 Å². The topological polar surface area (TPSA) is 102 Å². The van der Waals surface area contributed by atoms with E-state index in [1.165, 1.54) is 0 Å². The fourth-order valence-corrected chi connectivity index (χ4v) is 5.66. The van der Waals surface area contributed by atoms with Gasteiger partial charge in [0.1, 0.15) is 11.5 Å². The average molecular weight is 610 g/mol. The summed E-state index contributed by atoms with van der Waals surface area (Å²) in [4.78, 5) is 32.1. The molecule has 45 heavy (non-hydrogen) atoms. The molecule has 9 nitrogen and oxygen atoms in total. The van der Waals surface area contributed by atoms with Gasteiger partial charge in [0.2, 0.25) is 5.91 Å². The Balaban J connectivity index is 1.22. The van der Waals surface area contributed by atoms with Gasteiger partial charge < -0.3 is 34.1 Å². The number of anilines is 1. The highest BCUT2D eigenvalue weighted by Crippen LogP contribution is 2.29. The maximum Gasteiger partial charge on any atom is 0.228 e. The summed E-state index contributed by atoms with van der Waals surface area (Å²) in [6, 6.07) is 22.6. The lowest BCUT2D eigenvalue weighted by Gasteiger charge is -2.18. The molecule has 2 N–H and O–H groups in total. The number of ether oxygens (including phenoxy) is 4. The number of aromatic nitrogens is 1. The molecule has 0 aliphatic carbocycles. The molecule has 234 valence electrons. The highest BCUT2D eigenvalue weighted by atomic mass is 16.5. The summed E-state index contributed by atoms with van der Waals surface area (Å²) in [6.45, 7) is 1.70. The number of rotatable bonds is 13. The molecule has 9 heteroatoms. The number of amides is 1. The van der Waals surface area contributed by atoms with Crippen LogP contribution in [0.25, 0.3) is 21.8 Å². The average Bonchev–Trinajstić information content (AvgIpc) is 3.05. The first-order chi connectivity index (χ1) is 21.8. The monoisotopic (exact) mass is 609 g/mol. The summed E-state index contributed by atoms with van der Waals surface area (Å²) < 4.78 is 21.9. The van der Waals surface area contributed by atoms with Crippen molar-refractivity contribution >= 4 is 33.4 Å². The Labute approximate surface area is 262 Å². The van der Waals surface area contributed by atoms with Crippen molar-refractivity contribution in [3.05, 3.63) is 99.7 Å². The molecule has 5 rings (SSSR count). The number of carbonyl (C=O) groups is 1. The minimum atomic E-state index is -0.216. The molecule has 0 saturated heterocycles. The quantitative estimate of drug-likeness (QED) is 0.159. The first kappa shape index (κ1) is 31.4. The minimum Gasteiger partial charge on any atom is -0.495 e. The summed E-state index contributed by atoms with van der Waals surface area (Å²) in [5.41, 5.74) is 4.70. The largest absolute Gasteiger partial charge is 0.495 e. The SMILES string of the molecule is COc1cc(CCCN(C)Cc2ccc(OC)c(OC)c2)ccc1NC(=O)Cc1cccc2c(=O)c3cccc(OC)c3[nH]c12. The molecule has 0 radical (unpaired) electrons. The van der Waals surface area contributed by atoms with E-state index in [-0.39, 0.29) is 17.8 Å². The molecule has 0 unspecified atom stereocenters. The Morgan fingerprint density at radius 1 is 0.756 bits per heavy atom. The van der Waals surface area contributed by atoms with Crippen LogP contribution in [0.15, 0.2) is 77.6 Å². The number of pyridine rings is 1. The lowest BCUT2D eigenvalue weighted by atomic mass is 10.0. The molecule has 0 spiro atoms. The normalized spacial score (nSPS) is 11.2. The van der Waals surface area contributed by atoms with Gasteiger partial charge in [0.05, 0.1) is 51.6 Å². The number of benzene rings is 4. The Bertz CT molecular complexity index is 1880. The van der Waals surface area contributed by atoms with Crippen molar-refractivity contribution < 1.29 is 23.7 Å². The van der Waals surface area contributed by atoms with E-state index in [1.807, 2.05) is 36.4 Å². The van der Waals surface area contributed by atoms with E-state index < -0.39 is 0 Å². The molecule has 1 amide bonds. The maximum absolute atomic E-state index is 13.2. The molecule has 4 aromatic carbocycles. The first-order valence-electron chi connectivity index (χ1n) is 14.8. The molecule has 0 fully saturated rings. The zero-order chi connectivity index (χ0) is 31.9. The molecule has 0 aliphatic rings. The van der Waals surface area contributed by atoms with Gasteiger partial charge in [-0.2, -0.15) is 0 Å². The molecule has 1 aromatic heterocycles. The second-order valence-corrected chi connectivity index (χ2v) is 11.0. The molecule has 0 bridgehead atoms. The zero-order valence-electron chi connectivity index (χ0n) is 26.4. The van der Waals surface area contributed by atoms with Crippen LogP contribution in [0.4, 0.5) is 5.69 Å². The number of para-hydroxylation sites is 2. The Hall–Kier alpha value is -5.02. The summed E-state index contributed by atoms with van der Waals surface area (Å²) >= 11 is 0. The minimum absolute atomic E-state index is 0.0746. The van der Waals surface area contributed by atoms with Gasteiger partial charge >= 0.3 is 0 Å². The zero-order valence-corrected chi connectivity index (χ0v) is 26.4. The molecular formula is C36H39N3O6. The van der Waals surface area contributed by atoms with Crippen molar-refractivity contribution in [3.8, 4) is 23.0 Å². The van der Waals surface area contributed by atoms with Gasteiger partial charge in [-0.1, -0.05) is 30.3 Å². The van der Waals surface area contributed by atoms with E-state index in [2.05, 4.69) is 28.3 Å². The molecule has 0 saturated carbocycles. The van der Waals surface area contributed by atoms with Crippen LogP contribution < -0.4 is 29.7 Å². The standard InChI is InChI=1S/C36H39N3O6/c1-39(22-24-15-17-29(42-2)32(20-24)45-5)18-8-9-23-14-16-28(31(19-23)44-4)37-33(40)21-25-10-6-11-26-34(25)38-35-27(36(26)41)12-7-13-30(35)43-3/h6-7,10-17,19-20H,8-9,18,21-22H2,1-5H3,(H,37,40)(H,38,41). The van der Waals surface area contributed by atoms with Crippen molar-refractivity contribution in [2.75, 3.05) is 47.3 Å². The van der Waals surface area contributed by atoms with E-state index >= 15 is 0 Å². The Kier molecular flexibility index (Phi) is 9.89. The number of fused-ring (bicyclic) bond motifs is 2. The molecule has 0 aliphatic heterocycles. The predicted octanol–water partition coefficient (Wildman–Crippen LogP) is 5.96. The lowest BCUT2D eigenvalue weighted by Crippen LogP contribution is -2.19. The van der Waals surface area contributed by atoms with Crippen molar-refractivity contribution in [2.24, 2.45) is 0 Å². The van der Waals surface area contributed by atoms with Crippen LogP contribution in [-0.4, -0.2) is 57.8 Å². The number of carbonyl (C=O) groups excluding carboxylic acids is 1. The van der Waals surface area contributed by atoms with Gasteiger partial charge in [-0.25, -0.2) is 0 Å². The van der Waals surface area contributed by atoms with E-state index in [9.17, 15) is 9.59 Å². The number of hydrogen-bond donors (Lipinski definition) is 2. The van der Waals surface area contributed by atoms with E-state index in [0.29, 0.717) is 44.6 Å². The van der Waals surface area contributed by atoms with Gasteiger partial charge in [0, 0.05) is 17.3 Å². The number of aromatic amines is 1. The number of nitrogens with one attached hydrogen (secondary N) is 2. The van der Waals surface area contributed by atoms with Gasteiger partial charge in [-0.15, -0.1) is 0 Å². The van der Waals surface area contributed by atoms with Gasteiger partial charge in [-0.3, -0.25) is 9.59 Å². The summed E-state index contributed by atoms with van der Waals surface area (Å²) in [5, 5.41) is 4.05. The summed E-state index contributed by atoms with van der Waals surface area (Å²) in [7, 11) is 8.54. The van der Waals surface area contributed by atoms with Crippen LogP contribution in [0.1, 0.15) is 23.1 Å². The summed E-state index contributed by atoms with van der Waals surface area (Å²) in [6.07, 6.45) is 1.89. The van der Waals surface area contributed by atoms with E-state index in [1.54, 1.807) is 58.8 Å². The van der Waals surface area contributed by atoms with Crippen LogP contribution in [0, 0.1) is 0 Å². The fourth-order valence-electron chi connectivity index (χ4n) is 5.66. The van der Waals surface area contributed by atoms with Crippen molar-refractivity contribution in [1.82, 2.24) is 9.88 Å². The maximum atomic E-state index is 13.2. The molecule has 5 aromatic rings. The fraction of sp³-hybridized carbons (Fsp3) is 0.278. The molecular weight excluding hydrogens is 570 g/mol. The van der Waals surface area contributed by atoms with E-state index in [0.717, 1.165) is 48.6 Å². The van der Waals surface area contributed by atoms with Crippen molar-refractivity contribution in [1.29, 1.82) is 0 Å². The third kappa shape index (κ3) is 7.05. The number of methoxy groups -OCH3 is 4. The molecule has 0 atom stereocenters. The highest BCUT2D eigenvalue weighted by molar-refractivity contribution is 5.99. The number of nitrogens with zero attached hydrogens (tertiary/aromatic N) is 1. The van der Waals surface area contributed by atoms with Gasteiger partial charge in [0.25, 0.3) is 0 Å².